The Morgan fingerprint density at radius 2 is 2.18 bits per heavy atom. The second-order valence-electron chi connectivity index (χ2n) is 4.92. The Kier molecular flexibility index (Phi) is 3.55. The van der Waals surface area contributed by atoms with Gasteiger partial charge in [-0.05, 0) is 35.4 Å². The molecular weight excluding hydrogens is 324 g/mol. The molecule has 0 bridgehead atoms. The minimum Gasteiger partial charge on any atom is -0.338 e. The average Bonchev–Trinajstić information content (AvgIpc) is 3.09. The van der Waals surface area contributed by atoms with E-state index in [9.17, 15) is 0 Å². The van der Waals surface area contributed by atoms with Crippen LogP contribution in [0.25, 0.3) is 11.4 Å². The van der Waals surface area contributed by atoms with Crippen LogP contribution in [-0.4, -0.2) is 30.3 Å². The molecule has 0 aliphatic heterocycles. The molecule has 1 aliphatic carbocycles. The van der Waals surface area contributed by atoms with Crippen LogP contribution in [0.3, 0.4) is 0 Å². The quantitative estimate of drug-likeness (QED) is 0.663. The fraction of sp³-hybridized carbons (Fsp3) is 0.308. The lowest BCUT2D eigenvalue weighted by atomic mass is 10.2. The Bertz CT molecular complexity index is 799. The number of hydrogen-bond acceptors (Lipinski definition) is 7. The molecule has 2 aromatic heterocycles. The van der Waals surface area contributed by atoms with E-state index in [1.165, 1.54) is 11.8 Å². The van der Waals surface area contributed by atoms with E-state index in [1.54, 1.807) is 6.07 Å². The largest absolute Gasteiger partial charge is 0.338 e. The number of aromatic nitrogens is 6. The molecule has 1 aromatic carbocycles. The van der Waals surface area contributed by atoms with Crippen LogP contribution in [0.4, 0.5) is 0 Å². The van der Waals surface area contributed by atoms with Crippen molar-refractivity contribution in [3.8, 4) is 11.4 Å². The number of benzene rings is 1. The van der Waals surface area contributed by atoms with E-state index in [2.05, 4.69) is 25.7 Å². The Morgan fingerprint density at radius 1 is 1.32 bits per heavy atom. The summed E-state index contributed by atoms with van der Waals surface area (Å²) in [4.78, 5) is 4.37. The van der Waals surface area contributed by atoms with Gasteiger partial charge >= 0.3 is 0 Å². The zero-order chi connectivity index (χ0) is 14.9. The molecule has 0 amide bonds. The molecule has 22 heavy (non-hydrogen) atoms. The normalized spacial score (nSPS) is 14.4. The first-order chi connectivity index (χ1) is 10.8. The highest BCUT2D eigenvalue weighted by Gasteiger charge is 2.28. The fourth-order valence-corrected chi connectivity index (χ4v) is 3.02. The van der Waals surface area contributed by atoms with E-state index in [0.29, 0.717) is 28.5 Å². The molecule has 0 spiro atoms. The van der Waals surface area contributed by atoms with Crippen LogP contribution >= 0.6 is 23.4 Å². The third kappa shape index (κ3) is 2.71. The fourth-order valence-electron chi connectivity index (χ4n) is 2.02. The maximum absolute atomic E-state index is 6.13. The second kappa shape index (κ2) is 5.69. The molecule has 0 unspecified atom stereocenters. The van der Waals surface area contributed by atoms with Gasteiger partial charge in [0.05, 0.1) is 16.8 Å². The predicted octanol–water partition coefficient (Wildman–Crippen LogP) is 3.00. The van der Waals surface area contributed by atoms with E-state index in [0.717, 1.165) is 23.6 Å². The summed E-state index contributed by atoms with van der Waals surface area (Å²) < 4.78 is 7.13. The molecule has 1 aliphatic rings. The first-order valence-electron chi connectivity index (χ1n) is 6.79. The molecule has 112 valence electrons. The Hall–Kier alpha value is -1.93. The first-order valence-corrected chi connectivity index (χ1v) is 8.16. The van der Waals surface area contributed by atoms with E-state index in [4.69, 9.17) is 16.1 Å². The lowest BCUT2D eigenvalue weighted by molar-refractivity contribution is 0.391. The summed E-state index contributed by atoms with van der Waals surface area (Å²) in [6.45, 7) is 0. The SMILES string of the molecule is Clc1ccccc1-c1noc(CSc2nnnn2C2CC2)n1. The van der Waals surface area contributed by atoms with Crippen LogP contribution < -0.4 is 0 Å². The van der Waals surface area contributed by atoms with Crippen molar-refractivity contribution in [3.63, 3.8) is 0 Å². The van der Waals surface area contributed by atoms with Gasteiger partial charge in [0.1, 0.15) is 0 Å². The van der Waals surface area contributed by atoms with Gasteiger partial charge < -0.3 is 4.52 Å². The summed E-state index contributed by atoms with van der Waals surface area (Å²) in [5, 5.41) is 17.1. The number of hydrogen-bond donors (Lipinski definition) is 0. The molecule has 4 rings (SSSR count). The van der Waals surface area contributed by atoms with Crippen molar-refractivity contribution in [3.05, 3.63) is 35.2 Å². The Morgan fingerprint density at radius 3 is 3.00 bits per heavy atom. The minimum absolute atomic E-state index is 0.443. The molecule has 0 N–H and O–H groups in total. The topological polar surface area (TPSA) is 82.5 Å². The minimum atomic E-state index is 0.443. The van der Waals surface area contributed by atoms with Crippen molar-refractivity contribution < 1.29 is 4.52 Å². The van der Waals surface area contributed by atoms with Crippen molar-refractivity contribution in [2.45, 2.75) is 29.8 Å². The van der Waals surface area contributed by atoms with E-state index >= 15 is 0 Å². The van der Waals surface area contributed by atoms with Crippen molar-refractivity contribution >= 4 is 23.4 Å². The van der Waals surface area contributed by atoms with Gasteiger partial charge in [0.25, 0.3) is 0 Å². The summed E-state index contributed by atoms with van der Waals surface area (Å²) >= 11 is 7.62. The van der Waals surface area contributed by atoms with E-state index < -0.39 is 0 Å². The molecule has 0 saturated heterocycles. The summed E-state index contributed by atoms with van der Waals surface area (Å²) in [5.41, 5.74) is 0.756. The van der Waals surface area contributed by atoms with Gasteiger partial charge in [-0.1, -0.05) is 40.7 Å². The Balaban J connectivity index is 1.48. The van der Waals surface area contributed by atoms with Gasteiger partial charge in [-0.25, -0.2) is 4.68 Å². The summed E-state index contributed by atoms with van der Waals surface area (Å²) in [7, 11) is 0. The molecule has 3 aromatic rings. The molecule has 2 heterocycles. The van der Waals surface area contributed by atoms with Crippen molar-refractivity contribution in [2.24, 2.45) is 0 Å². The van der Waals surface area contributed by atoms with Crippen LogP contribution in [0.5, 0.6) is 0 Å². The first kappa shape index (κ1) is 13.7. The lowest BCUT2D eigenvalue weighted by Gasteiger charge is -1.99. The number of halogens is 1. The highest BCUT2D eigenvalue weighted by molar-refractivity contribution is 7.98. The number of thioether (sulfide) groups is 1. The molecule has 1 saturated carbocycles. The molecule has 0 atom stereocenters. The average molecular weight is 335 g/mol. The molecule has 9 heteroatoms. The summed E-state index contributed by atoms with van der Waals surface area (Å²) in [5.74, 6) is 1.53. The third-order valence-electron chi connectivity index (χ3n) is 3.26. The molecular formula is C13H11ClN6OS. The lowest BCUT2D eigenvalue weighted by Crippen LogP contribution is -1.98. The van der Waals surface area contributed by atoms with Crippen LogP contribution in [0, 0.1) is 0 Å². The zero-order valence-corrected chi connectivity index (χ0v) is 13.0. The highest BCUT2D eigenvalue weighted by atomic mass is 35.5. The Labute approximate surface area is 135 Å². The summed E-state index contributed by atoms with van der Waals surface area (Å²) in [6.07, 6.45) is 2.27. The van der Waals surface area contributed by atoms with Gasteiger partial charge in [0, 0.05) is 5.56 Å². The third-order valence-corrected chi connectivity index (χ3v) is 4.51. The zero-order valence-electron chi connectivity index (χ0n) is 11.4. The standard InChI is InChI=1S/C13H11ClN6OS/c14-10-4-2-1-3-9(10)12-15-11(21-17-12)7-22-13-16-18-19-20(13)8-5-6-8/h1-4,8H,5-7H2. The van der Waals surface area contributed by atoms with Crippen LogP contribution in [-0.2, 0) is 5.75 Å². The summed E-state index contributed by atoms with van der Waals surface area (Å²) in [6, 6.07) is 7.85. The van der Waals surface area contributed by atoms with Gasteiger partial charge in [0.2, 0.25) is 16.9 Å². The van der Waals surface area contributed by atoms with E-state index in [-0.39, 0.29) is 0 Å². The second-order valence-corrected chi connectivity index (χ2v) is 6.27. The number of nitrogens with zero attached hydrogens (tertiary/aromatic N) is 6. The molecule has 1 fully saturated rings. The predicted molar refractivity (Wildman–Crippen MR) is 80.4 cm³/mol. The van der Waals surface area contributed by atoms with Crippen LogP contribution in [0.1, 0.15) is 24.8 Å². The van der Waals surface area contributed by atoms with Gasteiger partial charge in [0.15, 0.2) is 0 Å². The highest BCUT2D eigenvalue weighted by Crippen LogP contribution is 2.36. The van der Waals surface area contributed by atoms with E-state index in [1.807, 2.05) is 22.9 Å². The van der Waals surface area contributed by atoms with Crippen LogP contribution in [0.2, 0.25) is 5.02 Å². The van der Waals surface area contributed by atoms with Crippen molar-refractivity contribution in [1.82, 2.24) is 30.3 Å². The van der Waals surface area contributed by atoms with Crippen molar-refractivity contribution in [1.29, 1.82) is 0 Å². The molecule has 0 radical (unpaired) electrons. The monoisotopic (exact) mass is 334 g/mol. The maximum atomic E-state index is 6.13. The number of rotatable bonds is 5. The molecule has 7 nitrogen and oxygen atoms in total. The van der Waals surface area contributed by atoms with Crippen LogP contribution in [0.15, 0.2) is 33.9 Å². The smallest absolute Gasteiger partial charge is 0.237 e. The maximum Gasteiger partial charge on any atom is 0.237 e. The van der Waals surface area contributed by atoms with Gasteiger partial charge in [-0.3, -0.25) is 0 Å². The van der Waals surface area contributed by atoms with Gasteiger partial charge in [-0.15, -0.1) is 5.10 Å². The van der Waals surface area contributed by atoms with Gasteiger partial charge in [-0.2, -0.15) is 4.98 Å². The van der Waals surface area contributed by atoms with Crippen molar-refractivity contribution in [2.75, 3.05) is 0 Å². The number of tetrazole rings is 1.